The first-order chi connectivity index (χ1) is 14.1. The van der Waals surface area contributed by atoms with Crippen LogP contribution in [0.25, 0.3) is 0 Å². The van der Waals surface area contributed by atoms with E-state index in [0.717, 1.165) is 11.4 Å². The van der Waals surface area contributed by atoms with Crippen LogP contribution in [0.4, 0.5) is 0 Å². The third kappa shape index (κ3) is 6.38. The topological polar surface area (TPSA) is 109 Å². The fourth-order valence-electron chi connectivity index (χ4n) is 2.60. The Kier molecular flexibility index (Phi) is 8.16. The lowest BCUT2D eigenvalue weighted by molar-refractivity contribution is -0.122. The summed E-state index contributed by atoms with van der Waals surface area (Å²) in [5.74, 6) is -0.0463. The fraction of sp³-hybridized carbons (Fsp3) is 0.421. The Labute approximate surface area is 186 Å². The molecule has 2 rings (SSSR count). The van der Waals surface area contributed by atoms with Gasteiger partial charge in [0.1, 0.15) is 15.7 Å². The number of thiocarbonyl (C=S) groups is 1. The predicted molar refractivity (Wildman–Crippen MR) is 121 cm³/mol. The lowest BCUT2D eigenvalue weighted by Crippen LogP contribution is -2.41. The molecule has 0 saturated carbocycles. The highest BCUT2D eigenvalue weighted by Crippen LogP contribution is 2.26. The second kappa shape index (κ2) is 10.2. The van der Waals surface area contributed by atoms with E-state index in [0.29, 0.717) is 12.2 Å². The van der Waals surface area contributed by atoms with Crippen LogP contribution in [0, 0.1) is 0 Å². The minimum Gasteiger partial charge on any atom is -0.492 e. The zero-order valence-electron chi connectivity index (χ0n) is 17.3. The summed E-state index contributed by atoms with van der Waals surface area (Å²) >= 11 is 6.38. The Morgan fingerprint density at radius 1 is 1.33 bits per heavy atom. The van der Waals surface area contributed by atoms with E-state index >= 15 is 0 Å². The molecular formula is C19H26N4O4S3. The van der Waals surface area contributed by atoms with Crippen molar-refractivity contribution >= 4 is 44.6 Å². The van der Waals surface area contributed by atoms with Crippen LogP contribution in [-0.4, -0.2) is 38.1 Å². The molecule has 1 aromatic heterocycles. The van der Waals surface area contributed by atoms with E-state index < -0.39 is 15.6 Å². The van der Waals surface area contributed by atoms with Gasteiger partial charge in [0.25, 0.3) is 10.0 Å². The summed E-state index contributed by atoms with van der Waals surface area (Å²) in [6.07, 6.45) is 2.41. The van der Waals surface area contributed by atoms with Gasteiger partial charge in [-0.1, -0.05) is 13.0 Å². The molecular weight excluding hydrogens is 444 g/mol. The van der Waals surface area contributed by atoms with Gasteiger partial charge in [0.15, 0.2) is 5.11 Å². The van der Waals surface area contributed by atoms with Crippen molar-refractivity contribution in [1.82, 2.24) is 20.3 Å². The molecule has 0 spiro atoms. The van der Waals surface area contributed by atoms with Gasteiger partial charge in [0.2, 0.25) is 5.91 Å². The maximum Gasteiger partial charge on any atom is 0.267 e. The van der Waals surface area contributed by atoms with Gasteiger partial charge in [-0.15, -0.1) is 11.3 Å². The van der Waals surface area contributed by atoms with Crippen LogP contribution in [-0.2, 0) is 26.8 Å². The van der Waals surface area contributed by atoms with Gasteiger partial charge in [0, 0.05) is 18.6 Å². The van der Waals surface area contributed by atoms with Crippen LogP contribution >= 0.6 is 23.6 Å². The van der Waals surface area contributed by atoms with Gasteiger partial charge < -0.3 is 15.4 Å². The molecule has 0 saturated heterocycles. The summed E-state index contributed by atoms with van der Waals surface area (Å²) in [6.45, 7) is 6.01. The second-order valence-electron chi connectivity index (χ2n) is 7.00. The monoisotopic (exact) mass is 470 g/mol. The molecule has 0 radical (unpaired) electrons. The molecule has 1 amide bonds. The first-order valence-electron chi connectivity index (χ1n) is 9.30. The molecule has 2 aromatic rings. The van der Waals surface area contributed by atoms with E-state index in [1.807, 2.05) is 26.2 Å². The number of nitrogens with one attached hydrogen (secondary N) is 3. The Morgan fingerprint density at radius 2 is 2.07 bits per heavy atom. The van der Waals surface area contributed by atoms with Crippen LogP contribution in [0.5, 0.6) is 5.75 Å². The van der Waals surface area contributed by atoms with Gasteiger partial charge >= 0.3 is 0 Å². The summed E-state index contributed by atoms with van der Waals surface area (Å²) in [5, 5.41) is 8.10. The highest BCUT2D eigenvalue weighted by molar-refractivity contribution is 7.92. The fourth-order valence-corrected chi connectivity index (χ4v) is 4.80. The summed E-state index contributed by atoms with van der Waals surface area (Å²) < 4.78 is 33.4. The maximum absolute atomic E-state index is 12.8. The lowest BCUT2D eigenvalue weighted by atomic mass is 10.1. The Morgan fingerprint density at radius 3 is 2.67 bits per heavy atom. The molecule has 0 fully saturated rings. The van der Waals surface area contributed by atoms with Gasteiger partial charge in [-0.3, -0.25) is 9.52 Å². The molecule has 0 aliphatic rings. The predicted octanol–water partition coefficient (Wildman–Crippen LogP) is 2.31. The molecule has 0 bridgehead atoms. The van der Waals surface area contributed by atoms with Crippen molar-refractivity contribution in [1.29, 1.82) is 0 Å². The van der Waals surface area contributed by atoms with Crippen molar-refractivity contribution < 1.29 is 17.9 Å². The summed E-state index contributed by atoms with van der Waals surface area (Å²) in [7, 11) is -2.46. The molecule has 8 nitrogen and oxygen atoms in total. The normalized spacial score (nSPS) is 11.6. The van der Waals surface area contributed by atoms with E-state index in [1.165, 1.54) is 24.5 Å². The van der Waals surface area contributed by atoms with Crippen molar-refractivity contribution in [3.8, 4) is 5.75 Å². The highest BCUT2D eigenvalue weighted by atomic mass is 32.2. The molecule has 0 atom stereocenters. The number of ether oxygens (including phenoxy) is 1. The van der Waals surface area contributed by atoms with Gasteiger partial charge in [-0.2, -0.15) is 0 Å². The molecule has 164 valence electrons. The van der Waals surface area contributed by atoms with E-state index in [4.69, 9.17) is 17.0 Å². The van der Waals surface area contributed by atoms with Crippen molar-refractivity contribution in [3.05, 3.63) is 40.3 Å². The number of sulfonamides is 1. The van der Waals surface area contributed by atoms with E-state index in [2.05, 4.69) is 20.3 Å². The van der Waals surface area contributed by atoms with Crippen LogP contribution in [0.2, 0.25) is 0 Å². The zero-order valence-corrected chi connectivity index (χ0v) is 19.8. The van der Waals surface area contributed by atoms with Crippen LogP contribution in [0.15, 0.2) is 34.7 Å². The largest absolute Gasteiger partial charge is 0.492 e. The molecule has 30 heavy (non-hydrogen) atoms. The van der Waals surface area contributed by atoms with Crippen molar-refractivity contribution in [3.63, 3.8) is 0 Å². The highest BCUT2D eigenvalue weighted by Gasteiger charge is 2.26. The minimum atomic E-state index is -3.98. The first-order valence-corrected chi connectivity index (χ1v) is 12.1. The van der Waals surface area contributed by atoms with Crippen molar-refractivity contribution in [2.24, 2.45) is 0 Å². The zero-order chi connectivity index (χ0) is 22.4. The van der Waals surface area contributed by atoms with Crippen LogP contribution < -0.4 is 20.1 Å². The molecule has 0 aliphatic heterocycles. The van der Waals surface area contributed by atoms with E-state index in [9.17, 15) is 13.2 Å². The molecule has 1 heterocycles. The number of nitrogens with zero attached hydrogens (tertiary/aromatic N) is 1. The summed E-state index contributed by atoms with van der Waals surface area (Å²) in [6, 6.07) is 4.67. The van der Waals surface area contributed by atoms with Crippen LogP contribution in [0.3, 0.4) is 0 Å². The molecule has 0 aliphatic carbocycles. The Bertz CT molecular complexity index is 989. The minimum absolute atomic E-state index is 0.00184. The van der Waals surface area contributed by atoms with Crippen molar-refractivity contribution in [2.75, 3.05) is 13.7 Å². The van der Waals surface area contributed by atoms with E-state index in [1.54, 1.807) is 18.3 Å². The Hall–Kier alpha value is -2.24. The number of rotatable bonds is 9. The Balaban J connectivity index is 2.26. The van der Waals surface area contributed by atoms with Crippen LogP contribution in [0.1, 0.15) is 37.8 Å². The number of hydrogen-bond donors (Lipinski definition) is 3. The SMILES string of the molecule is CCCOc1ccc(CC(=O)NC(C)(C)c2nccs2)cc1S(=O)(=O)NC(=S)NC. The maximum atomic E-state index is 12.8. The third-order valence-corrected chi connectivity index (χ3v) is 6.90. The number of carbonyl (C=O) groups excluding carboxylic acids is 1. The second-order valence-corrected chi connectivity index (χ2v) is 9.96. The van der Waals surface area contributed by atoms with Gasteiger partial charge in [-0.05, 0) is 50.2 Å². The standard InChI is InChI=1S/C19H26N4O4S3/c1-5-9-27-14-7-6-13(11-15(14)30(25,26)23-18(28)20-4)12-16(24)22-19(2,3)17-21-8-10-29-17/h6-8,10-11H,5,9,12H2,1-4H3,(H,22,24)(H2,20,23,28). The summed E-state index contributed by atoms with van der Waals surface area (Å²) in [4.78, 5) is 16.8. The van der Waals surface area contributed by atoms with Gasteiger partial charge in [-0.25, -0.2) is 13.4 Å². The average Bonchev–Trinajstić information content (AvgIpc) is 3.22. The smallest absolute Gasteiger partial charge is 0.267 e. The summed E-state index contributed by atoms with van der Waals surface area (Å²) in [5.41, 5.74) is -0.104. The lowest BCUT2D eigenvalue weighted by Gasteiger charge is -2.24. The first kappa shape index (κ1) is 24.0. The van der Waals surface area contributed by atoms with Gasteiger partial charge in [0.05, 0.1) is 18.6 Å². The number of carbonyl (C=O) groups is 1. The molecule has 11 heteroatoms. The average molecular weight is 471 g/mol. The number of thiazole rings is 1. The number of aromatic nitrogens is 1. The number of amides is 1. The quantitative estimate of drug-likeness (QED) is 0.483. The number of benzene rings is 1. The molecule has 0 unspecified atom stereocenters. The number of hydrogen-bond acceptors (Lipinski definition) is 7. The van der Waals surface area contributed by atoms with Crippen molar-refractivity contribution in [2.45, 2.75) is 44.0 Å². The van der Waals surface area contributed by atoms with E-state index in [-0.39, 0.29) is 28.1 Å². The third-order valence-electron chi connectivity index (χ3n) is 4.00. The molecule has 1 aromatic carbocycles. The molecule has 3 N–H and O–H groups in total.